The van der Waals surface area contributed by atoms with Crippen LogP contribution in [0.5, 0.6) is 0 Å². The lowest BCUT2D eigenvalue weighted by Gasteiger charge is -2.34. The minimum absolute atomic E-state index is 0.00940. The van der Waals surface area contributed by atoms with E-state index in [0.717, 1.165) is 32.1 Å². The Morgan fingerprint density at radius 1 is 0.525 bits per heavy atom. The van der Waals surface area contributed by atoms with Gasteiger partial charge in [0, 0.05) is 51.7 Å². The lowest BCUT2D eigenvalue weighted by molar-refractivity contribution is -0.141. The lowest BCUT2D eigenvalue weighted by atomic mass is 9.96. The predicted molar refractivity (Wildman–Crippen MR) is 307 cm³/mol. The molecule has 0 aromatic heterocycles. The van der Waals surface area contributed by atoms with E-state index in [1.165, 1.54) is 46.4 Å². The van der Waals surface area contributed by atoms with Crippen molar-refractivity contribution in [2.24, 2.45) is 11.8 Å². The average Bonchev–Trinajstić information content (AvgIpc) is 3.86. The van der Waals surface area contributed by atoms with Crippen molar-refractivity contribution in [2.45, 2.75) is 252 Å². The summed E-state index contributed by atoms with van der Waals surface area (Å²) in [5.74, 6) is -5.72. The van der Waals surface area contributed by atoms with Crippen LogP contribution in [0.2, 0.25) is 0 Å². The van der Waals surface area contributed by atoms with E-state index in [1.54, 1.807) is 6.92 Å². The first kappa shape index (κ1) is 72.6. The summed E-state index contributed by atoms with van der Waals surface area (Å²) in [5, 5.41) is 46.3. The molecule has 10 amide bonds. The monoisotopic (exact) mass is 1140 g/mol. The first-order chi connectivity index (χ1) is 37.5. The lowest BCUT2D eigenvalue weighted by Crippen LogP contribution is -2.66. The molecule has 1 aliphatic rings. The maximum atomic E-state index is 14.4. The second-order valence-corrected chi connectivity index (χ2v) is 23.9. The zero-order valence-electron chi connectivity index (χ0n) is 50.8. The number of hydrogen-bond donors (Lipinski definition) is 12. The van der Waals surface area contributed by atoms with Gasteiger partial charge < -0.3 is 68.3 Å². The van der Waals surface area contributed by atoms with E-state index in [9.17, 15) is 53.1 Å². The fourth-order valence-electron chi connectivity index (χ4n) is 9.06. The molecule has 1 rings (SSSR count). The summed E-state index contributed by atoms with van der Waals surface area (Å²) < 4.78 is 0. The fourth-order valence-corrected chi connectivity index (χ4v) is 9.06. The van der Waals surface area contributed by atoms with Crippen LogP contribution in [-0.4, -0.2) is 166 Å². The molecule has 0 spiro atoms. The number of carbonyl (C=O) groups excluding carboxylic acids is 10. The number of likely N-dealkylation sites (tertiary alicyclic amines) is 1. The van der Waals surface area contributed by atoms with Gasteiger partial charge in [0.25, 0.3) is 0 Å². The SMILES string of the molecule is CCCCCCCC[C@H](NC(=O)C(C)(C)NC(=O)C(C)(C)NC(=O)[C@H](CCCCO)NC(=O)[C@@H]1CCCN1C(=O)CCC)C(=O)N[C@@H](CC(C)C)C(=O)NC(C)(C)C(=O)N[C@@H](CC(C)C)C(=O)NCCC(=O)N[C@@H](C)CNCCO. The van der Waals surface area contributed by atoms with Gasteiger partial charge in [0.2, 0.25) is 59.1 Å². The molecule has 23 heteroatoms. The van der Waals surface area contributed by atoms with E-state index < -0.39 is 94.1 Å². The van der Waals surface area contributed by atoms with E-state index in [2.05, 4.69) is 60.1 Å². The maximum absolute atomic E-state index is 14.4. The molecule has 0 radical (unpaired) electrons. The van der Waals surface area contributed by atoms with Crippen LogP contribution < -0.4 is 53.2 Å². The highest BCUT2D eigenvalue weighted by molar-refractivity contribution is 6.00. The molecule has 23 nitrogen and oxygen atoms in total. The van der Waals surface area contributed by atoms with Gasteiger partial charge in [-0.3, -0.25) is 47.9 Å². The van der Waals surface area contributed by atoms with Gasteiger partial charge in [-0.2, -0.15) is 0 Å². The minimum atomic E-state index is -1.66. The van der Waals surface area contributed by atoms with Gasteiger partial charge in [-0.1, -0.05) is 80.1 Å². The van der Waals surface area contributed by atoms with Crippen molar-refractivity contribution in [1.82, 2.24) is 58.1 Å². The van der Waals surface area contributed by atoms with Gasteiger partial charge in [0.15, 0.2) is 0 Å². The second-order valence-electron chi connectivity index (χ2n) is 23.9. The van der Waals surface area contributed by atoms with Gasteiger partial charge in [-0.15, -0.1) is 0 Å². The number of carbonyl (C=O) groups is 10. The van der Waals surface area contributed by atoms with Crippen molar-refractivity contribution in [3.8, 4) is 0 Å². The van der Waals surface area contributed by atoms with Crippen molar-refractivity contribution in [1.29, 1.82) is 0 Å². The zero-order valence-corrected chi connectivity index (χ0v) is 50.8. The summed E-state index contributed by atoms with van der Waals surface area (Å²) in [6.07, 6.45) is 8.75. The number of unbranched alkanes of at least 4 members (excludes halogenated alkanes) is 6. The smallest absolute Gasteiger partial charge is 0.246 e. The molecule has 460 valence electrons. The number of rotatable bonds is 40. The second kappa shape index (κ2) is 36.8. The van der Waals surface area contributed by atoms with Gasteiger partial charge in [0.05, 0.1) is 6.61 Å². The highest BCUT2D eigenvalue weighted by Gasteiger charge is 2.42. The number of aliphatic hydroxyl groups excluding tert-OH is 2. The third-order valence-corrected chi connectivity index (χ3v) is 13.8. The molecular formula is C57H105N11O12. The highest BCUT2D eigenvalue weighted by Crippen LogP contribution is 2.21. The Kier molecular flexibility index (Phi) is 33.4. The van der Waals surface area contributed by atoms with Crippen LogP contribution in [0.15, 0.2) is 0 Å². The molecule has 1 heterocycles. The summed E-state index contributed by atoms with van der Waals surface area (Å²) >= 11 is 0. The Balaban J connectivity index is 3.27. The van der Waals surface area contributed by atoms with Gasteiger partial charge >= 0.3 is 0 Å². The van der Waals surface area contributed by atoms with Crippen LogP contribution in [0, 0.1) is 11.8 Å². The van der Waals surface area contributed by atoms with Crippen LogP contribution >= 0.6 is 0 Å². The Morgan fingerprint density at radius 3 is 1.60 bits per heavy atom. The first-order valence-electron chi connectivity index (χ1n) is 29.4. The third kappa shape index (κ3) is 27.4. The Labute approximate surface area is 477 Å². The summed E-state index contributed by atoms with van der Waals surface area (Å²) in [5.41, 5.74) is -4.88. The Bertz CT molecular complexity index is 2000. The molecule has 0 aliphatic carbocycles. The molecule has 0 bridgehead atoms. The van der Waals surface area contributed by atoms with Crippen LogP contribution in [-0.2, 0) is 47.9 Å². The minimum Gasteiger partial charge on any atom is -0.396 e. The van der Waals surface area contributed by atoms with Gasteiger partial charge in [0.1, 0.15) is 46.8 Å². The van der Waals surface area contributed by atoms with Crippen LogP contribution in [0.25, 0.3) is 0 Å². The predicted octanol–water partition coefficient (Wildman–Crippen LogP) is 2.00. The maximum Gasteiger partial charge on any atom is 0.246 e. The standard InChI is InChI=1S/C57H105N11O12/c1-14-16-17-18-19-20-25-40(63-53(79)56(10,11)67-54(80)57(12,13)65-49(75)41(26-21-22-32-69)61-51(77)44-27-23-31-68(44)46(72)24-15-2)48(74)62-43(35-38(5)6)50(76)66-55(8,9)52(78)64-42(34-37(3)4)47(73)59-29-28-45(71)60-39(7)36-58-30-33-70/h37-44,58,69-70H,14-36H2,1-13H3,(H,59,73)(H,60,71)(H,61,77)(H,62,74)(H,63,79)(H,64,78)(H,65,75)(H,66,76)(H,67,80)/t39-,40-,41-,42-,43-,44-/m0/s1. The summed E-state index contributed by atoms with van der Waals surface area (Å²) in [7, 11) is 0. The summed E-state index contributed by atoms with van der Waals surface area (Å²) in [4.78, 5) is 138. The van der Waals surface area contributed by atoms with Crippen molar-refractivity contribution < 1.29 is 58.2 Å². The first-order valence-corrected chi connectivity index (χ1v) is 29.4. The van der Waals surface area contributed by atoms with Crippen molar-refractivity contribution in [3.05, 3.63) is 0 Å². The van der Waals surface area contributed by atoms with Crippen molar-refractivity contribution >= 4 is 59.1 Å². The summed E-state index contributed by atoms with van der Waals surface area (Å²) in [6.45, 7) is 23.1. The normalized spacial score (nSPS) is 15.7. The molecule has 0 saturated carbocycles. The zero-order chi connectivity index (χ0) is 60.8. The number of hydrogen-bond acceptors (Lipinski definition) is 13. The molecule has 12 N–H and O–H groups in total. The molecule has 80 heavy (non-hydrogen) atoms. The van der Waals surface area contributed by atoms with Gasteiger partial charge in [-0.25, -0.2) is 0 Å². The Morgan fingerprint density at radius 2 is 1.04 bits per heavy atom. The van der Waals surface area contributed by atoms with E-state index in [0.29, 0.717) is 64.6 Å². The fraction of sp³-hybridized carbons (Fsp3) is 0.825. The number of nitrogens with one attached hydrogen (secondary N) is 10. The summed E-state index contributed by atoms with van der Waals surface area (Å²) in [6, 6.07) is -5.39. The van der Waals surface area contributed by atoms with E-state index in [1.807, 2.05) is 34.6 Å². The molecule has 0 unspecified atom stereocenters. The quantitative estimate of drug-likeness (QED) is 0.0392. The number of amides is 10. The van der Waals surface area contributed by atoms with E-state index in [4.69, 9.17) is 5.11 Å². The van der Waals surface area contributed by atoms with E-state index in [-0.39, 0.29) is 81.6 Å². The average molecular weight is 1140 g/mol. The van der Waals surface area contributed by atoms with Gasteiger partial charge in [-0.05, 0) is 118 Å². The molecule has 1 aliphatic heterocycles. The molecule has 6 atom stereocenters. The molecule has 1 saturated heterocycles. The Hall–Kier alpha value is -5.42. The number of nitrogens with zero attached hydrogens (tertiary/aromatic N) is 1. The van der Waals surface area contributed by atoms with Crippen LogP contribution in [0.3, 0.4) is 0 Å². The molecule has 0 aromatic rings. The molecule has 1 fully saturated rings. The van der Waals surface area contributed by atoms with E-state index >= 15 is 0 Å². The largest absolute Gasteiger partial charge is 0.396 e. The van der Waals surface area contributed by atoms with Crippen molar-refractivity contribution in [2.75, 3.05) is 39.4 Å². The molecular weight excluding hydrogens is 1030 g/mol. The van der Waals surface area contributed by atoms with Crippen LogP contribution in [0.1, 0.15) is 199 Å². The number of aliphatic hydroxyl groups is 2. The third-order valence-electron chi connectivity index (χ3n) is 13.8. The topological polar surface area (TPSA) is 335 Å². The highest BCUT2D eigenvalue weighted by atomic mass is 16.3. The van der Waals surface area contributed by atoms with Crippen LogP contribution in [0.4, 0.5) is 0 Å². The molecule has 0 aromatic carbocycles. The van der Waals surface area contributed by atoms with Crippen molar-refractivity contribution in [3.63, 3.8) is 0 Å².